The van der Waals surface area contributed by atoms with Crippen LogP contribution in [0.25, 0.3) is 0 Å². The molecule has 4 nitrogen and oxygen atoms in total. The van der Waals surface area contributed by atoms with E-state index in [1.54, 1.807) is 7.11 Å². The summed E-state index contributed by atoms with van der Waals surface area (Å²) in [6.45, 7) is 3.03. The fourth-order valence-electron chi connectivity index (χ4n) is 2.31. The molecule has 1 N–H and O–H groups in total. The topological polar surface area (TPSA) is 39.1 Å². The minimum absolute atomic E-state index is 0.451. The zero-order chi connectivity index (χ0) is 11.5. The first-order chi connectivity index (χ1) is 7.70. The molecule has 0 spiro atoms. The van der Waals surface area contributed by atoms with Crippen LogP contribution in [-0.2, 0) is 18.3 Å². The van der Waals surface area contributed by atoms with Crippen molar-refractivity contribution in [1.82, 2.24) is 15.1 Å². The minimum Gasteiger partial charge on any atom is -0.381 e. The number of hydrogen-bond acceptors (Lipinski definition) is 3. The van der Waals surface area contributed by atoms with Gasteiger partial charge in [-0.15, -0.1) is 0 Å². The predicted molar refractivity (Wildman–Crippen MR) is 63.2 cm³/mol. The maximum atomic E-state index is 5.36. The van der Waals surface area contributed by atoms with E-state index < -0.39 is 0 Å². The Morgan fingerprint density at radius 2 is 2.38 bits per heavy atom. The molecule has 1 fully saturated rings. The van der Waals surface area contributed by atoms with Crippen LogP contribution in [0.4, 0.5) is 0 Å². The molecule has 2 atom stereocenters. The normalized spacial score (nSPS) is 25.2. The number of nitrogens with one attached hydrogen (secondary N) is 1. The summed E-state index contributed by atoms with van der Waals surface area (Å²) >= 11 is 0. The standard InChI is InChI=1S/C12H21N3O/c1-9-10(8-14-15(9)2)7-13-11-4-5-12(6-11)16-3/h8,11-13H,4-7H2,1-3H3. The summed E-state index contributed by atoms with van der Waals surface area (Å²) in [5.41, 5.74) is 2.54. The Morgan fingerprint density at radius 1 is 1.56 bits per heavy atom. The average Bonchev–Trinajstić information content (AvgIpc) is 2.86. The van der Waals surface area contributed by atoms with Crippen LogP contribution in [0.2, 0.25) is 0 Å². The van der Waals surface area contributed by atoms with Crippen LogP contribution in [-0.4, -0.2) is 29.0 Å². The smallest absolute Gasteiger partial charge is 0.0586 e. The molecule has 1 aliphatic carbocycles. The van der Waals surface area contributed by atoms with Gasteiger partial charge in [0.15, 0.2) is 0 Å². The van der Waals surface area contributed by atoms with E-state index in [0.717, 1.165) is 13.0 Å². The first kappa shape index (κ1) is 11.6. The number of ether oxygens (including phenoxy) is 1. The van der Waals surface area contributed by atoms with Crippen LogP contribution in [0.5, 0.6) is 0 Å². The van der Waals surface area contributed by atoms with Gasteiger partial charge in [-0.2, -0.15) is 5.10 Å². The monoisotopic (exact) mass is 223 g/mol. The molecular formula is C12H21N3O. The van der Waals surface area contributed by atoms with Crippen molar-refractivity contribution in [2.45, 2.75) is 44.9 Å². The van der Waals surface area contributed by atoms with Gasteiger partial charge in [-0.3, -0.25) is 4.68 Å². The fraction of sp³-hybridized carbons (Fsp3) is 0.750. The van der Waals surface area contributed by atoms with Crippen molar-refractivity contribution >= 4 is 0 Å². The van der Waals surface area contributed by atoms with Gasteiger partial charge in [-0.25, -0.2) is 0 Å². The predicted octanol–water partition coefficient (Wildman–Crippen LogP) is 1.39. The Kier molecular flexibility index (Phi) is 3.61. The van der Waals surface area contributed by atoms with E-state index in [0.29, 0.717) is 12.1 Å². The maximum Gasteiger partial charge on any atom is 0.0586 e. The van der Waals surface area contributed by atoms with Gasteiger partial charge in [0, 0.05) is 38.0 Å². The van der Waals surface area contributed by atoms with Crippen LogP contribution >= 0.6 is 0 Å². The fourth-order valence-corrected chi connectivity index (χ4v) is 2.31. The van der Waals surface area contributed by atoms with Crippen molar-refractivity contribution in [3.8, 4) is 0 Å². The number of rotatable bonds is 4. The molecule has 0 amide bonds. The Labute approximate surface area is 97.0 Å². The number of nitrogens with zero attached hydrogens (tertiary/aromatic N) is 2. The zero-order valence-corrected chi connectivity index (χ0v) is 10.4. The lowest BCUT2D eigenvalue weighted by atomic mass is 10.2. The van der Waals surface area contributed by atoms with E-state index in [1.807, 2.05) is 17.9 Å². The van der Waals surface area contributed by atoms with Gasteiger partial charge in [-0.05, 0) is 26.2 Å². The van der Waals surface area contributed by atoms with Gasteiger partial charge >= 0.3 is 0 Å². The molecule has 2 rings (SSSR count). The van der Waals surface area contributed by atoms with E-state index in [4.69, 9.17) is 4.74 Å². The minimum atomic E-state index is 0.451. The average molecular weight is 223 g/mol. The molecule has 1 saturated carbocycles. The first-order valence-corrected chi connectivity index (χ1v) is 5.94. The third-order valence-electron chi connectivity index (χ3n) is 3.64. The first-order valence-electron chi connectivity index (χ1n) is 5.94. The van der Waals surface area contributed by atoms with E-state index >= 15 is 0 Å². The van der Waals surface area contributed by atoms with Crippen molar-refractivity contribution < 1.29 is 4.74 Å². The van der Waals surface area contributed by atoms with Crippen molar-refractivity contribution in [2.75, 3.05) is 7.11 Å². The zero-order valence-electron chi connectivity index (χ0n) is 10.4. The van der Waals surface area contributed by atoms with Crippen LogP contribution in [0, 0.1) is 6.92 Å². The number of hydrogen-bond donors (Lipinski definition) is 1. The lowest BCUT2D eigenvalue weighted by Gasteiger charge is -2.12. The van der Waals surface area contributed by atoms with Crippen LogP contribution in [0.1, 0.15) is 30.5 Å². The van der Waals surface area contributed by atoms with Gasteiger partial charge in [-0.1, -0.05) is 0 Å². The molecule has 16 heavy (non-hydrogen) atoms. The summed E-state index contributed by atoms with van der Waals surface area (Å²) < 4.78 is 7.29. The summed E-state index contributed by atoms with van der Waals surface area (Å²) in [5, 5.41) is 7.83. The van der Waals surface area contributed by atoms with Crippen LogP contribution in [0.15, 0.2) is 6.20 Å². The molecule has 1 aromatic rings. The summed E-state index contributed by atoms with van der Waals surface area (Å²) in [4.78, 5) is 0. The van der Waals surface area contributed by atoms with Gasteiger partial charge in [0.05, 0.1) is 12.3 Å². The second-order valence-corrected chi connectivity index (χ2v) is 4.63. The van der Waals surface area contributed by atoms with Crippen molar-refractivity contribution in [3.05, 3.63) is 17.5 Å². The van der Waals surface area contributed by atoms with Crippen LogP contribution < -0.4 is 5.32 Å². The molecule has 4 heteroatoms. The molecule has 0 bridgehead atoms. The summed E-state index contributed by atoms with van der Waals surface area (Å²) in [7, 11) is 3.79. The van der Waals surface area contributed by atoms with E-state index in [1.165, 1.54) is 24.1 Å². The van der Waals surface area contributed by atoms with Crippen molar-refractivity contribution in [2.24, 2.45) is 7.05 Å². The SMILES string of the molecule is COC1CCC(NCc2cnn(C)c2C)C1. The second-order valence-electron chi connectivity index (χ2n) is 4.63. The largest absolute Gasteiger partial charge is 0.381 e. The summed E-state index contributed by atoms with van der Waals surface area (Å²) in [5.74, 6) is 0. The molecule has 0 aromatic carbocycles. The van der Waals surface area contributed by atoms with Crippen molar-refractivity contribution in [1.29, 1.82) is 0 Å². The van der Waals surface area contributed by atoms with Gasteiger partial charge < -0.3 is 10.1 Å². The van der Waals surface area contributed by atoms with Gasteiger partial charge in [0.1, 0.15) is 0 Å². The Balaban J connectivity index is 1.82. The molecule has 1 heterocycles. The highest BCUT2D eigenvalue weighted by Crippen LogP contribution is 2.21. The second kappa shape index (κ2) is 4.97. The highest BCUT2D eigenvalue weighted by molar-refractivity contribution is 5.15. The molecular weight excluding hydrogens is 202 g/mol. The van der Waals surface area contributed by atoms with Gasteiger partial charge in [0.25, 0.3) is 0 Å². The lowest BCUT2D eigenvalue weighted by Crippen LogP contribution is -2.26. The summed E-state index contributed by atoms with van der Waals surface area (Å²) in [6.07, 6.45) is 5.94. The third-order valence-corrected chi connectivity index (χ3v) is 3.64. The molecule has 2 unspecified atom stereocenters. The number of methoxy groups -OCH3 is 1. The number of aromatic nitrogens is 2. The maximum absolute atomic E-state index is 5.36. The number of aryl methyl sites for hydroxylation is 1. The Bertz CT molecular complexity index is 348. The lowest BCUT2D eigenvalue weighted by molar-refractivity contribution is 0.107. The molecule has 0 radical (unpaired) electrons. The molecule has 0 aliphatic heterocycles. The summed E-state index contributed by atoms with van der Waals surface area (Å²) in [6, 6.07) is 0.601. The molecule has 1 aliphatic rings. The van der Waals surface area contributed by atoms with Crippen LogP contribution in [0.3, 0.4) is 0 Å². The molecule has 90 valence electrons. The Morgan fingerprint density at radius 3 is 2.94 bits per heavy atom. The molecule has 0 saturated heterocycles. The van der Waals surface area contributed by atoms with Gasteiger partial charge in [0.2, 0.25) is 0 Å². The molecule has 1 aromatic heterocycles. The Hall–Kier alpha value is -0.870. The van der Waals surface area contributed by atoms with Crippen molar-refractivity contribution in [3.63, 3.8) is 0 Å². The quantitative estimate of drug-likeness (QED) is 0.838. The van der Waals surface area contributed by atoms with E-state index in [2.05, 4.69) is 17.3 Å². The highest BCUT2D eigenvalue weighted by atomic mass is 16.5. The third kappa shape index (κ3) is 2.44. The van der Waals surface area contributed by atoms with E-state index in [-0.39, 0.29) is 0 Å². The highest BCUT2D eigenvalue weighted by Gasteiger charge is 2.23. The van der Waals surface area contributed by atoms with E-state index in [9.17, 15) is 0 Å².